The average molecular weight is 623 g/mol. The van der Waals surface area contributed by atoms with Gasteiger partial charge in [0, 0.05) is 55.2 Å². The molecule has 0 spiro atoms. The van der Waals surface area contributed by atoms with Crippen LogP contribution in [0, 0.1) is 0 Å². The molecule has 48 heavy (non-hydrogen) atoms. The number of hydrogen-bond donors (Lipinski definition) is 0. The SMILES string of the molecule is O=Cc1ccc2c(c1)c1cc(C=O)ccc1n2-c1ccc(/C=C/c2ccc(-n3c4ccc(C=O)cc4c4cc(C=O)ccc43)cc2)cc1. The number of carbonyl (C=O) groups excluding carboxylic acids is 4. The lowest BCUT2D eigenvalue weighted by molar-refractivity contribution is 0.111. The van der Waals surface area contributed by atoms with Gasteiger partial charge in [0.05, 0.1) is 22.1 Å². The van der Waals surface area contributed by atoms with Gasteiger partial charge in [-0.05, 0) is 108 Å². The summed E-state index contributed by atoms with van der Waals surface area (Å²) >= 11 is 0. The van der Waals surface area contributed by atoms with Gasteiger partial charge in [0.1, 0.15) is 25.1 Å². The maximum absolute atomic E-state index is 11.5. The Kier molecular flexibility index (Phi) is 6.96. The van der Waals surface area contributed by atoms with Gasteiger partial charge in [0.25, 0.3) is 0 Å². The fourth-order valence-corrected chi connectivity index (χ4v) is 6.63. The fraction of sp³-hybridized carbons (Fsp3) is 0. The Labute approximate surface area is 274 Å². The summed E-state index contributed by atoms with van der Waals surface area (Å²) in [6, 6.07) is 39.0. The molecule has 0 radical (unpaired) electrons. The van der Waals surface area contributed by atoms with Gasteiger partial charge in [0.2, 0.25) is 0 Å². The zero-order chi connectivity index (χ0) is 32.8. The monoisotopic (exact) mass is 622 g/mol. The molecule has 0 aliphatic rings. The molecule has 6 aromatic carbocycles. The van der Waals surface area contributed by atoms with E-state index in [0.29, 0.717) is 22.3 Å². The molecule has 0 fully saturated rings. The molecular formula is C42H26N2O4. The minimum atomic E-state index is 0.586. The number of fused-ring (bicyclic) bond motifs is 6. The van der Waals surface area contributed by atoms with Crippen molar-refractivity contribution < 1.29 is 19.2 Å². The van der Waals surface area contributed by atoms with E-state index in [2.05, 4.69) is 69.8 Å². The van der Waals surface area contributed by atoms with E-state index in [1.807, 2.05) is 72.8 Å². The van der Waals surface area contributed by atoms with Crippen molar-refractivity contribution in [2.75, 3.05) is 0 Å². The van der Waals surface area contributed by atoms with Crippen molar-refractivity contribution in [2.24, 2.45) is 0 Å². The first-order chi connectivity index (χ1) is 23.6. The van der Waals surface area contributed by atoms with E-state index in [1.165, 1.54) is 0 Å². The molecule has 0 atom stereocenters. The van der Waals surface area contributed by atoms with Gasteiger partial charge in [0.15, 0.2) is 0 Å². The molecule has 0 aliphatic carbocycles. The number of nitrogens with zero attached hydrogens (tertiary/aromatic N) is 2. The van der Waals surface area contributed by atoms with Crippen LogP contribution in [0.4, 0.5) is 0 Å². The largest absolute Gasteiger partial charge is 0.309 e. The van der Waals surface area contributed by atoms with Crippen molar-refractivity contribution in [3.63, 3.8) is 0 Å². The molecule has 0 unspecified atom stereocenters. The summed E-state index contributed by atoms with van der Waals surface area (Å²) in [4.78, 5) is 46.0. The van der Waals surface area contributed by atoms with Crippen LogP contribution in [-0.2, 0) is 0 Å². The average Bonchev–Trinajstić information content (AvgIpc) is 3.65. The maximum atomic E-state index is 11.5. The summed E-state index contributed by atoms with van der Waals surface area (Å²) in [7, 11) is 0. The first kappa shape index (κ1) is 28.8. The number of aldehydes is 4. The zero-order valence-electron chi connectivity index (χ0n) is 25.5. The molecule has 6 heteroatoms. The highest BCUT2D eigenvalue weighted by Crippen LogP contribution is 2.35. The van der Waals surface area contributed by atoms with E-state index in [-0.39, 0.29) is 0 Å². The van der Waals surface area contributed by atoms with Crippen LogP contribution in [0.2, 0.25) is 0 Å². The second kappa shape index (κ2) is 11.6. The summed E-state index contributed by atoms with van der Waals surface area (Å²) < 4.78 is 4.29. The molecule has 0 saturated heterocycles. The van der Waals surface area contributed by atoms with E-state index in [0.717, 1.165) is 91.3 Å². The zero-order valence-corrected chi connectivity index (χ0v) is 25.5. The van der Waals surface area contributed by atoms with Crippen molar-refractivity contribution in [1.82, 2.24) is 9.13 Å². The van der Waals surface area contributed by atoms with Gasteiger partial charge in [-0.3, -0.25) is 19.2 Å². The summed E-state index contributed by atoms with van der Waals surface area (Å²) in [5, 5.41) is 3.68. The Balaban J connectivity index is 1.11. The molecule has 0 saturated carbocycles. The second-order valence-electron chi connectivity index (χ2n) is 11.8. The van der Waals surface area contributed by atoms with Crippen LogP contribution in [0.5, 0.6) is 0 Å². The molecule has 228 valence electrons. The predicted molar refractivity (Wildman–Crippen MR) is 192 cm³/mol. The van der Waals surface area contributed by atoms with Crippen LogP contribution in [0.25, 0.3) is 67.1 Å². The van der Waals surface area contributed by atoms with Gasteiger partial charge in [-0.25, -0.2) is 0 Å². The van der Waals surface area contributed by atoms with Gasteiger partial charge < -0.3 is 9.13 Å². The molecule has 0 bridgehead atoms. The van der Waals surface area contributed by atoms with Crippen molar-refractivity contribution >= 4 is 80.9 Å². The van der Waals surface area contributed by atoms with Crippen molar-refractivity contribution in [2.45, 2.75) is 0 Å². The van der Waals surface area contributed by atoms with Crippen LogP contribution in [0.15, 0.2) is 121 Å². The van der Waals surface area contributed by atoms with Crippen LogP contribution in [0.3, 0.4) is 0 Å². The molecular weight excluding hydrogens is 596 g/mol. The third-order valence-corrected chi connectivity index (χ3v) is 8.94. The number of benzene rings is 6. The van der Waals surface area contributed by atoms with Crippen LogP contribution in [0.1, 0.15) is 52.6 Å². The Hall–Kier alpha value is -6.66. The summed E-state index contributed by atoms with van der Waals surface area (Å²) in [6.07, 6.45) is 7.48. The van der Waals surface area contributed by atoms with Crippen LogP contribution >= 0.6 is 0 Å². The van der Waals surface area contributed by atoms with E-state index in [1.54, 1.807) is 0 Å². The summed E-state index contributed by atoms with van der Waals surface area (Å²) in [6.45, 7) is 0. The first-order valence-corrected chi connectivity index (χ1v) is 15.4. The van der Waals surface area contributed by atoms with Gasteiger partial charge in [-0.2, -0.15) is 0 Å². The molecule has 0 aliphatic heterocycles. The minimum Gasteiger partial charge on any atom is -0.309 e. The molecule has 2 aromatic heterocycles. The smallest absolute Gasteiger partial charge is 0.150 e. The van der Waals surface area contributed by atoms with Crippen molar-refractivity contribution in [3.8, 4) is 11.4 Å². The van der Waals surface area contributed by atoms with Crippen molar-refractivity contribution in [3.05, 3.63) is 155 Å². The number of hydrogen-bond acceptors (Lipinski definition) is 4. The quantitative estimate of drug-likeness (QED) is 0.125. The van der Waals surface area contributed by atoms with E-state index < -0.39 is 0 Å². The highest BCUT2D eigenvalue weighted by molar-refractivity contribution is 6.12. The van der Waals surface area contributed by atoms with E-state index in [9.17, 15) is 19.2 Å². The fourth-order valence-electron chi connectivity index (χ4n) is 6.63. The molecule has 0 amide bonds. The van der Waals surface area contributed by atoms with Gasteiger partial charge >= 0.3 is 0 Å². The lowest BCUT2D eigenvalue weighted by Gasteiger charge is -2.09. The second-order valence-corrected chi connectivity index (χ2v) is 11.8. The molecule has 0 N–H and O–H groups in total. The highest BCUT2D eigenvalue weighted by atomic mass is 16.1. The minimum absolute atomic E-state index is 0.586. The Bertz CT molecular complexity index is 2310. The molecule has 8 rings (SSSR count). The van der Waals surface area contributed by atoms with E-state index in [4.69, 9.17) is 0 Å². The van der Waals surface area contributed by atoms with Gasteiger partial charge in [-0.15, -0.1) is 0 Å². The standard InChI is InChI=1S/C42H26N2O4/c45-23-29-7-15-39-35(19-29)36-20-30(24-46)8-16-40(36)43(39)33-11-3-27(4-12-33)1-2-28-5-13-34(14-6-28)44-41-17-9-31(25-47)21-37(41)38-22-32(26-48)10-18-42(38)44/h1-26H/b2-1+. The topological polar surface area (TPSA) is 78.1 Å². The summed E-state index contributed by atoms with van der Waals surface area (Å²) in [5.74, 6) is 0. The predicted octanol–water partition coefficient (Wildman–Crippen LogP) is 9.30. The third kappa shape index (κ3) is 4.75. The Morgan fingerprint density at radius 3 is 0.812 bits per heavy atom. The summed E-state index contributed by atoms with van der Waals surface area (Å²) in [5.41, 5.74) is 10.2. The van der Waals surface area contributed by atoms with Crippen LogP contribution in [-0.4, -0.2) is 34.3 Å². The van der Waals surface area contributed by atoms with Gasteiger partial charge in [-0.1, -0.05) is 36.4 Å². The lowest BCUT2D eigenvalue weighted by Crippen LogP contribution is -1.94. The number of aromatic nitrogens is 2. The first-order valence-electron chi connectivity index (χ1n) is 15.4. The Morgan fingerprint density at radius 1 is 0.312 bits per heavy atom. The normalized spacial score (nSPS) is 11.6. The number of rotatable bonds is 8. The number of carbonyl (C=O) groups is 4. The molecule has 8 aromatic rings. The highest BCUT2D eigenvalue weighted by Gasteiger charge is 2.15. The maximum Gasteiger partial charge on any atom is 0.150 e. The van der Waals surface area contributed by atoms with E-state index >= 15 is 0 Å². The molecule has 2 heterocycles. The lowest BCUT2D eigenvalue weighted by atomic mass is 10.1. The Morgan fingerprint density at radius 2 is 0.562 bits per heavy atom. The third-order valence-electron chi connectivity index (χ3n) is 8.94. The van der Waals surface area contributed by atoms with Crippen molar-refractivity contribution in [1.29, 1.82) is 0 Å². The van der Waals surface area contributed by atoms with Crippen LogP contribution < -0.4 is 0 Å². The molecule has 6 nitrogen and oxygen atoms in total.